The second-order valence-electron chi connectivity index (χ2n) is 27.3. The van der Waals surface area contributed by atoms with Crippen LogP contribution in [0.5, 0.6) is 0 Å². The average molecular weight is 1100 g/mol. The molecule has 7 rings (SSSR count). The maximum absolute atomic E-state index is 12.3. The second kappa shape index (κ2) is 25.6. The van der Waals surface area contributed by atoms with Crippen LogP contribution in [0, 0.1) is 44.3 Å². The molecule has 17 heteroatoms. The molecular weight excluding hydrogens is 993 g/mol. The first kappa shape index (κ1) is 66.1. The van der Waals surface area contributed by atoms with E-state index in [1.807, 2.05) is 90.0 Å². The molecule has 6 aliphatic heterocycles. The molecule has 17 nitrogen and oxygen atoms in total. The van der Waals surface area contributed by atoms with E-state index in [9.17, 15) is 28.8 Å². The van der Waals surface area contributed by atoms with Gasteiger partial charge in [-0.25, -0.2) is 0 Å². The lowest BCUT2D eigenvalue weighted by molar-refractivity contribution is -0.183. The molecule has 77 heavy (non-hydrogen) atoms. The van der Waals surface area contributed by atoms with E-state index in [2.05, 4.69) is 41.5 Å². The highest BCUT2D eigenvalue weighted by Crippen LogP contribution is 2.49. The number of carbonyl (C=O) groups is 6. The van der Waals surface area contributed by atoms with Crippen LogP contribution in [0.15, 0.2) is 0 Å². The molecule has 0 radical (unpaired) electrons. The highest BCUT2D eigenvalue weighted by Gasteiger charge is 2.65. The summed E-state index contributed by atoms with van der Waals surface area (Å²) in [7, 11) is 0. The number of esters is 6. The smallest absolute Gasteiger partial charge is 0.313 e. The number of rotatable bonds is 17. The van der Waals surface area contributed by atoms with Crippen LogP contribution in [-0.2, 0) is 80.9 Å². The fourth-order valence-corrected chi connectivity index (χ4v) is 10.0. The van der Waals surface area contributed by atoms with E-state index < -0.39 is 40.0 Å². The summed E-state index contributed by atoms with van der Waals surface area (Å²) in [6.07, 6.45) is 5.96. The highest BCUT2D eigenvalue weighted by molar-refractivity contribution is 5.81. The summed E-state index contributed by atoms with van der Waals surface area (Å²) in [5.74, 6) is -1.79. The van der Waals surface area contributed by atoms with E-state index in [1.54, 1.807) is 13.8 Å². The van der Waals surface area contributed by atoms with Crippen molar-refractivity contribution in [1.29, 1.82) is 0 Å². The zero-order valence-corrected chi connectivity index (χ0v) is 51.2. The summed E-state index contributed by atoms with van der Waals surface area (Å²) in [6, 6.07) is 0. The van der Waals surface area contributed by atoms with E-state index in [1.165, 1.54) is 12.8 Å². The van der Waals surface area contributed by atoms with Crippen molar-refractivity contribution < 1.29 is 80.9 Å². The molecule has 0 aromatic carbocycles. The van der Waals surface area contributed by atoms with Gasteiger partial charge >= 0.3 is 35.8 Å². The number of carbonyl (C=O) groups excluding carboxylic acids is 6. The van der Waals surface area contributed by atoms with E-state index in [4.69, 9.17) is 52.1 Å². The minimum Gasteiger partial charge on any atom is -0.458 e. The van der Waals surface area contributed by atoms with Crippen LogP contribution >= 0.6 is 0 Å². The van der Waals surface area contributed by atoms with Crippen molar-refractivity contribution in [2.45, 2.75) is 276 Å². The first-order chi connectivity index (χ1) is 35.4. The van der Waals surface area contributed by atoms with Gasteiger partial charge in [0.1, 0.15) is 42.9 Å². The van der Waals surface area contributed by atoms with E-state index in [0.717, 1.165) is 25.7 Å². The molecule has 1 saturated carbocycles. The maximum atomic E-state index is 12.3. The SMILES string of the molecule is CCC(C)(C)C(=O)OC1(C(C)(C)C)CCCC1.CCC(C)(C)C(=O)OC1(CC)C(C)OC(=O)C1C.CCC(C)(C)C(=O)OC1C2CC3C(=O)OC1C3O2.CCC(C)(C)C(=O)O[C@H]1CO[C@H]2[C@@H]1OC[C@H]2OCOCC(C)(C)C. The minimum atomic E-state index is -0.819. The lowest BCUT2D eigenvalue weighted by Gasteiger charge is -2.42. The second-order valence-corrected chi connectivity index (χ2v) is 27.3. The summed E-state index contributed by atoms with van der Waals surface area (Å²) < 4.78 is 61.8. The van der Waals surface area contributed by atoms with Crippen LogP contribution in [0.4, 0.5) is 0 Å². The Morgan fingerprint density at radius 3 is 1.53 bits per heavy atom. The topological polar surface area (TPSA) is 204 Å². The third-order valence-corrected chi connectivity index (χ3v) is 17.9. The maximum Gasteiger partial charge on any atom is 0.313 e. The third kappa shape index (κ3) is 15.3. The third-order valence-electron chi connectivity index (χ3n) is 17.9. The molecular formula is C60H102O17. The molecule has 6 saturated heterocycles. The van der Waals surface area contributed by atoms with E-state index in [0.29, 0.717) is 45.5 Å². The van der Waals surface area contributed by atoms with Crippen molar-refractivity contribution in [3.8, 4) is 0 Å². The van der Waals surface area contributed by atoms with Crippen LogP contribution in [-0.4, -0.2) is 129 Å². The highest BCUT2D eigenvalue weighted by atomic mass is 16.7. The average Bonchev–Trinajstić information content (AvgIpc) is 4.24. The van der Waals surface area contributed by atoms with Gasteiger partial charge in [0.15, 0.2) is 23.9 Å². The van der Waals surface area contributed by atoms with E-state index in [-0.39, 0.29) is 113 Å². The molecule has 7 fully saturated rings. The van der Waals surface area contributed by atoms with Gasteiger partial charge in [0.25, 0.3) is 0 Å². The fourth-order valence-electron chi connectivity index (χ4n) is 10.0. The Bertz CT molecular complexity index is 2020. The lowest BCUT2D eigenvalue weighted by Crippen LogP contribution is -2.48. The molecule has 7 aliphatic rings. The van der Waals surface area contributed by atoms with Crippen LogP contribution in [0.3, 0.4) is 0 Å². The van der Waals surface area contributed by atoms with Crippen molar-refractivity contribution in [3.63, 3.8) is 0 Å². The normalized spacial score (nSPS) is 31.1. The number of hydrogen-bond donors (Lipinski definition) is 0. The molecule has 2 bridgehead atoms. The molecule has 0 aromatic heterocycles. The number of fused-ring (bicyclic) bond motifs is 2. The molecule has 1 aliphatic carbocycles. The molecule has 8 unspecified atom stereocenters. The van der Waals surface area contributed by atoms with Crippen molar-refractivity contribution in [2.24, 2.45) is 44.3 Å². The Labute approximate surface area is 461 Å². The summed E-state index contributed by atoms with van der Waals surface area (Å²) in [4.78, 5) is 72.0. The number of cyclic esters (lactones) is 1. The predicted molar refractivity (Wildman–Crippen MR) is 288 cm³/mol. The van der Waals surface area contributed by atoms with Crippen molar-refractivity contribution >= 4 is 35.8 Å². The standard InChI is InChI=1S/C18H32O6.C15H28O2.C14H24O4.C13H18O5/c1-7-18(5,6)16(19)24-13-9-22-14-12(8-21-15(13)14)23-11-20-10-17(2,3)4;1-7-14(5,6)12(16)17-15(13(2,3)4)10-8-9-11-15;1-7-13(5,6)12(16)18-14(8-2)9(3)11(15)17-10(14)4;1-4-13(2,3)12(15)18-9-7-5-6-8(16-7)10(9)17-11(6)14/h12-15H,7-11H2,1-6H3;7-11H2,1-6H3;9-10H,7-8H2,1-6H3;6-10H,4-5H2,1-3H3/t12-,13+,14-,15-;;;/m1.../s1. The Morgan fingerprint density at radius 2 is 1.06 bits per heavy atom. The van der Waals surface area contributed by atoms with Gasteiger partial charge in [-0.2, -0.15) is 0 Å². The molecule has 12 atom stereocenters. The molecule has 0 aromatic rings. The summed E-state index contributed by atoms with van der Waals surface area (Å²) in [5.41, 5.74) is -2.82. The number of ether oxygens (including phenoxy) is 11. The van der Waals surface area contributed by atoms with Gasteiger partial charge in [-0.3, -0.25) is 28.8 Å². The van der Waals surface area contributed by atoms with Gasteiger partial charge in [-0.05, 0) is 139 Å². The number of hydrogen-bond acceptors (Lipinski definition) is 17. The summed E-state index contributed by atoms with van der Waals surface area (Å²) in [6.45, 7) is 43.0. The van der Waals surface area contributed by atoms with Crippen molar-refractivity contribution in [1.82, 2.24) is 0 Å². The first-order valence-electron chi connectivity index (χ1n) is 28.8. The van der Waals surface area contributed by atoms with Crippen LogP contribution in [0.25, 0.3) is 0 Å². The molecule has 0 N–H and O–H groups in total. The van der Waals surface area contributed by atoms with Crippen LogP contribution in [0.2, 0.25) is 0 Å². The Hall–Kier alpha value is -3.38. The van der Waals surface area contributed by atoms with Crippen molar-refractivity contribution in [3.05, 3.63) is 0 Å². The van der Waals surface area contributed by atoms with Gasteiger partial charge in [-0.15, -0.1) is 0 Å². The van der Waals surface area contributed by atoms with E-state index >= 15 is 0 Å². The van der Waals surface area contributed by atoms with Gasteiger partial charge < -0.3 is 52.1 Å². The quantitative estimate of drug-likeness (QED) is 0.0575. The summed E-state index contributed by atoms with van der Waals surface area (Å²) >= 11 is 0. The van der Waals surface area contributed by atoms with Gasteiger partial charge in [-0.1, -0.05) is 76.2 Å². The predicted octanol–water partition coefficient (Wildman–Crippen LogP) is 10.6. The monoisotopic (exact) mass is 1090 g/mol. The van der Waals surface area contributed by atoms with Crippen LogP contribution in [0.1, 0.15) is 210 Å². The molecule has 0 spiro atoms. The van der Waals surface area contributed by atoms with Gasteiger partial charge in [0.05, 0.1) is 59.4 Å². The van der Waals surface area contributed by atoms with Gasteiger partial charge in [0.2, 0.25) is 0 Å². The first-order valence-corrected chi connectivity index (χ1v) is 28.8. The Morgan fingerprint density at radius 1 is 0.584 bits per heavy atom. The molecule has 0 amide bonds. The Kier molecular flexibility index (Phi) is 22.0. The molecule has 6 heterocycles. The minimum absolute atomic E-state index is 0.0307. The zero-order chi connectivity index (χ0) is 58.5. The van der Waals surface area contributed by atoms with Crippen LogP contribution < -0.4 is 0 Å². The largest absolute Gasteiger partial charge is 0.458 e. The summed E-state index contributed by atoms with van der Waals surface area (Å²) in [5, 5.41) is 0. The molecule has 444 valence electrons. The van der Waals surface area contributed by atoms with Gasteiger partial charge in [0, 0.05) is 5.41 Å². The van der Waals surface area contributed by atoms with Crippen molar-refractivity contribution in [2.75, 3.05) is 26.6 Å². The lowest BCUT2D eigenvalue weighted by atomic mass is 9.74. The zero-order valence-electron chi connectivity index (χ0n) is 51.2. The Balaban J connectivity index is 0.000000224. The fraction of sp³-hybridized carbons (Fsp3) is 0.900.